The Hall–Kier alpha value is -1.68. The molecule has 25 heavy (non-hydrogen) atoms. The highest BCUT2D eigenvalue weighted by Gasteiger charge is 2.18. The third-order valence-electron chi connectivity index (χ3n) is 3.90. The summed E-state index contributed by atoms with van der Waals surface area (Å²) >= 11 is 0. The van der Waals surface area contributed by atoms with Gasteiger partial charge < -0.3 is 14.8 Å². The number of amides is 1. The number of carbonyl (C=O) groups excluding carboxylic acids is 1. The lowest BCUT2D eigenvalue weighted by Crippen LogP contribution is -2.41. The van der Waals surface area contributed by atoms with Crippen LogP contribution in [0.25, 0.3) is 0 Å². The topological polar surface area (TPSA) is 97.0 Å². The average molecular weight is 371 g/mol. The number of anilines is 1. The number of rotatable bonds is 8. The van der Waals surface area contributed by atoms with Crippen molar-refractivity contribution in [1.29, 1.82) is 0 Å². The smallest absolute Gasteiger partial charge is 0.240 e. The van der Waals surface area contributed by atoms with E-state index in [4.69, 9.17) is 9.47 Å². The zero-order valence-corrected chi connectivity index (χ0v) is 15.4. The molecule has 2 N–H and O–H groups in total. The number of nitrogens with zero attached hydrogens (tertiary/aromatic N) is 1. The first-order valence-electron chi connectivity index (χ1n) is 8.24. The summed E-state index contributed by atoms with van der Waals surface area (Å²) in [6.45, 7) is 5.60. The Morgan fingerprint density at radius 2 is 2.04 bits per heavy atom. The van der Waals surface area contributed by atoms with Crippen LogP contribution in [-0.2, 0) is 19.6 Å². The first-order chi connectivity index (χ1) is 12.0. The zero-order valence-electron chi connectivity index (χ0n) is 14.6. The Morgan fingerprint density at radius 1 is 1.32 bits per heavy atom. The molecule has 1 saturated heterocycles. The molecule has 1 aliphatic heterocycles. The van der Waals surface area contributed by atoms with Gasteiger partial charge in [-0.05, 0) is 18.2 Å². The number of carbonyl (C=O) groups is 1. The number of ether oxygens (including phenoxy) is 2. The minimum absolute atomic E-state index is 0.0849. The number of methoxy groups -OCH3 is 1. The van der Waals surface area contributed by atoms with E-state index in [9.17, 15) is 13.2 Å². The van der Waals surface area contributed by atoms with Gasteiger partial charge in [0.2, 0.25) is 15.9 Å². The van der Waals surface area contributed by atoms with Crippen molar-refractivity contribution in [2.75, 3.05) is 51.8 Å². The van der Waals surface area contributed by atoms with Crippen LogP contribution in [0.2, 0.25) is 0 Å². The molecular weight excluding hydrogens is 346 g/mol. The lowest BCUT2D eigenvalue weighted by atomic mass is 10.3. The van der Waals surface area contributed by atoms with Crippen molar-refractivity contribution in [2.24, 2.45) is 0 Å². The molecule has 1 aromatic carbocycles. The van der Waals surface area contributed by atoms with Gasteiger partial charge in [-0.1, -0.05) is 6.92 Å². The molecule has 0 aliphatic carbocycles. The third kappa shape index (κ3) is 5.67. The highest BCUT2D eigenvalue weighted by atomic mass is 32.2. The fourth-order valence-electron chi connectivity index (χ4n) is 2.44. The van der Waals surface area contributed by atoms with Crippen LogP contribution >= 0.6 is 0 Å². The molecule has 0 saturated carbocycles. The van der Waals surface area contributed by atoms with E-state index in [-0.39, 0.29) is 17.2 Å². The molecule has 0 atom stereocenters. The van der Waals surface area contributed by atoms with Gasteiger partial charge in [-0.3, -0.25) is 9.69 Å². The Labute approximate surface area is 148 Å². The summed E-state index contributed by atoms with van der Waals surface area (Å²) < 4.78 is 38.0. The van der Waals surface area contributed by atoms with Crippen molar-refractivity contribution in [3.8, 4) is 5.75 Å². The monoisotopic (exact) mass is 371 g/mol. The van der Waals surface area contributed by atoms with Gasteiger partial charge in [-0.25, -0.2) is 13.1 Å². The summed E-state index contributed by atoms with van der Waals surface area (Å²) in [4.78, 5) is 13.8. The van der Waals surface area contributed by atoms with Crippen LogP contribution in [-0.4, -0.2) is 65.7 Å². The largest absolute Gasteiger partial charge is 0.495 e. The fourth-order valence-corrected chi connectivity index (χ4v) is 3.48. The average Bonchev–Trinajstić information content (AvgIpc) is 2.62. The van der Waals surface area contributed by atoms with Crippen molar-refractivity contribution in [3.05, 3.63) is 18.2 Å². The molecule has 8 nitrogen and oxygen atoms in total. The summed E-state index contributed by atoms with van der Waals surface area (Å²) in [6, 6.07) is 4.39. The standard InChI is InChI=1S/C16H25N3O5S/c1-3-16(20)18-14-12-13(4-5-15(14)23-2)25(21,22)17-6-7-19-8-10-24-11-9-19/h4-5,12,17H,3,6-11H2,1-2H3,(H,18,20). The maximum absolute atomic E-state index is 12.5. The van der Waals surface area contributed by atoms with Gasteiger partial charge in [0.25, 0.3) is 0 Å². The Kier molecular flexibility index (Phi) is 7.18. The van der Waals surface area contributed by atoms with Gasteiger partial charge in [0.1, 0.15) is 5.75 Å². The van der Waals surface area contributed by atoms with Crippen molar-refractivity contribution < 1.29 is 22.7 Å². The molecule has 1 aliphatic rings. The van der Waals surface area contributed by atoms with Crippen LogP contribution < -0.4 is 14.8 Å². The second-order valence-electron chi connectivity index (χ2n) is 5.62. The van der Waals surface area contributed by atoms with Crippen LogP contribution in [0.15, 0.2) is 23.1 Å². The molecular formula is C16H25N3O5S. The predicted molar refractivity (Wildman–Crippen MR) is 94.4 cm³/mol. The first-order valence-corrected chi connectivity index (χ1v) is 9.72. The highest BCUT2D eigenvalue weighted by Crippen LogP contribution is 2.27. The molecule has 1 aromatic rings. The lowest BCUT2D eigenvalue weighted by molar-refractivity contribution is -0.115. The highest BCUT2D eigenvalue weighted by molar-refractivity contribution is 7.89. The fraction of sp³-hybridized carbons (Fsp3) is 0.562. The normalized spacial score (nSPS) is 15.8. The van der Waals surface area contributed by atoms with Crippen LogP contribution in [0, 0.1) is 0 Å². The molecule has 0 aromatic heterocycles. The van der Waals surface area contributed by atoms with Gasteiger partial charge in [-0.2, -0.15) is 0 Å². The SMILES string of the molecule is CCC(=O)Nc1cc(S(=O)(=O)NCCN2CCOCC2)ccc1OC. The zero-order chi connectivity index (χ0) is 18.3. The molecule has 1 heterocycles. The second-order valence-corrected chi connectivity index (χ2v) is 7.38. The number of morpholine rings is 1. The number of hydrogen-bond acceptors (Lipinski definition) is 6. The molecule has 2 rings (SSSR count). The molecule has 1 fully saturated rings. The van der Waals surface area contributed by atoms with Gasteiger partial charge in [-0.15, -0.1) is 0 Å². The summed E-state index contributed by atoms with van der Waals surface area (Å²) in [5.74, 6) is 0.196. The molecule has 0 unspecified atom stereocenters. The molecule has 0 bridgehead atoms. The minimum Gasteiger partial charge on any atom is -0.495 e. The van der Waals surface area contributed by atoms with E-state index in [1.807, 2.05) is 0 Å². The predicted octanol–water partition coefficient (Wildman–Crippen LogP) is 0.654. The van der Waals surface area contributed by atoms with E-state index in [1.165, 1.54) is 25.3 Å². The molecule has 140 valence electrons. The van der Waals surface area contributed by atoms with Crippen LogP contribution in [0.3, 0.4) is 0 Å². The van der Waals surface area contributed by atoms with Gasteiger partial charge in [0.05, 0.1) is 30.9 Å². The maximum atomic E-state index is 12.5. The third-order valence-corrected chi connectivity index (χ3v) is 5.36. The van der Waals surface area contributed by atoms with E-state index in [0.29, 0.717) is 37.7 Å². The van der Waals surface area contributed by atoms with Gasteiger partial charge in [0, 0.05) is 32.6 Å². The van der Waals surface area contributed by atoms with Crippen molar-refractivity contribution in [3.63, 3.8) is 0 Å². The molecule has 0 radical (unpaired) electrons. The Bertz CT molecular complexity index is 687. The summed E-state index contributed by atoms with van der Waals surface area (Å²) in [5.41, 5.74) is 0.338. The van der Waals surface area contributed by atoms with E-state index in [0.717, 1.165) is 13.1 Å². The molecule has 0 spiro atoms. The number of benzene rings is 1. The van der Waals surface area contributed by atoms with Crippen LogP contribution in [0.4, 0.5) is 5.69 Å². The first kappa shape index (κ1) is 19.6. The van der Waals surface area contributed by atoms with E-state index < -0.39 is 10.0 Å². The number of nitrogens with one attached hydrogen (secondary N) is 2. The van der Waals surface area contributed by atoms with Crippen LogP contribution in [0.5, 0.6) is 5.75 Å². The lowest BCUT2D eigenvalue weighted by Gasteiger charge is -2.26. The summed E-state index contributed by atoms with van der Waals surface area (Å²) in [5, 5.41) is 2.65. The van der Waals surface area contributed by atoms with E-state index >= 15 is 0 Å². The Morgan fingerprint density at radius 3 is 2.68 bits per heavy atom. The van der Waals surface area contributed by atoms with E-state index in [1.54, 1.807) is 6.92 Å². The van der Waals surface area contributed by atoms with Crippen molar-refractivity contribution in [1.82, 2.24) is 9.62 Å². The van der Waals surface area contributed by atoms with Gasteiger partial charge >= 0.3 is 0 Å². The summed E-state index contributed by atoms with van der Waals surface area (Å²) in [6.07, 6.45) is 0.290. The van der Waals surface area contributed by atoms with E-state index in [2.05, 4.69) is 14.9 Å². The number of sulfonamides is 1. The van der Waals surface area contributed by atoms with Crippen LogP contribution in [0.1, 0.15) is 13.3 Å². The second kappa shape index (κ2) is 9.14. The quantitative estimate of drug-likeness (QED) is 0.697. The number of hydrogen-bond donors (Lipinski definition) is 2. The maximum Gasteiger partial charge on any atom is 0.240 e. The minimum atomic E-state index is -3.67. The van der Waals surface area contributed by atoms with Gasteiger partial charge in [0.15, 0.2) is 0 Å². The van der Waals surface area contributed by atoms with Crippen molar-refractivity contribution in [2.45, 2.75) is 18.2 Å². The Balaban J connectivity index is 2.04. The molecule has 9 heteroatoms. The molecule has 1 amide bonds. The van der Waals surface area contributed by atoms with Crippen molar-refractivity contribution >= 4 is 21.6 Å². The summed E-state index contributed by atoms with van der Waals surface area (Å²) in [7, 11) is -2.20.